The molecule has 0 aliphatic rings. The molecule has 0 fully saturated rings. The van der Waals surface area contributed by atoms with Crippen LogP contribution in [0.1, 0.15) is 21.5 Å². The van der Waals surface area contributed by atoms with Crippen LogP contribution in [0.25, 0.3) is 0 Å². The highest BCUT2D eigenvalue weighted by molar-refractivity contribution is 6.05. The molecule has 1 aromatic heterocycles. The number of nitrogens with zero attached hydrogens (tertiary/aromatic N) is 2. The van der Waals surface area contributed by atoms with Crippen LogP contribution in [-0.4, -0.2) is 22.8 Å². The Hall–Kier alpha value is -3.15. The SMILES string of the molecule is COc1cccc(C(=O)Nc2cnn(Cc3ccccc3F)c2)c1C. The zero-order valence-electron chi connectivity index (χ0n) is 14.0. The second-order valence-electron chi connectivity index (χ2n) is 5.60. The number of methoxy groups -OCH3 is 1. The van der Waals surface area contributed by atoms with Gasteiger partial charge < -0.3 is 10.1 Å². The highest BCUT2D eigenvalue weighted by Crippen LogP contribution is 2.22. The first-order valence-corrected chi connectivity index (χ1v) is 7.79. The monoisotopic (exact) mass is 339 g/mol. The summed E-state index contributed by atoms with van der Waals surface area (Å²) >= 11 is 0. The summed E-state index contributed by atoms with van der Waals surface area (Å²) in [5, 5.41) is 6.97. The minimum atomic E-state index is -0.282. The van der Waals surface area contributed by atoms with Gasteiger partial charge in [-0.05, 0) is 25.1 Å². The van der Waals surface area contributed by atoms with Crippen molar-refractivity contribution in [2.45, 2.75) is 13.5 Å². The molecule has 0 bridgehead atoms. The molecule has 1 amide bonds. The third kappa shape index (κ3) is 3.68. The van der Waals surface area contributed by atoms with E-state index in [9.17, 15) is 9.18 Å². The Morgan fingerprint density at radius 3 is 2.80 bits per heavy atom. The lowest BCUT2D eigenvalue weighted by Gasteiger charge is -2.09. The molecule has 0 saturated carbocycles. The van der Waals surface area contributed by atoms with Gasteiger partial charge >= 0.3 is 0 Å². The first-order chi connectivity index (χ1) is 12.1. The van der Waals surface area contributed by atoms with Crippen LogP contribution in [0.3, 0.4) is 0 Å². The third-order valence-corrected chi connectivity index (χ3v) is 3.93. The van der Waals surface area contributed by atoms with Crippen molar-refractivity contribution in [3.63, 3.8) is 0 Å². The van der Waals surface area contributed by atoms with Crippen molar-refractivity contribution < 1.29 is 13.9 Å². The van der Waals surface area contributed by atoms with Crippen LogP contribution in [0.2, 0.25) is 0 Å². The zero-order chi connectivity index (χ0) is 17.8. The van der Waals surface area contributed by atoms with Crippen LogP contribution < -0.4 is 10.1 Å². The highest BCUT2D eigenvalue weighted by Gasteiger charge is 2.13. The second kappa shape index (κ2) is 7.17. The Labute approximate surface area is 145 Å². The number of amides is 1. The number of hydrogen-bond acceptors (Lipinski definition) is 3. The Bertz CT molecular complexity index is 905. The van der Waals surface area contributed by atoms with Crippen molar-refractivity contribution in [1.29, 1.82) is 0 Å². The molecule has 3 aromatic rings. The van der Waals surface area contributed by atoms with Crippen molar-refractivity contribution in [2.24, 2.45) is 0 Å². The predicted molar refractivity (Wildman–Crippen MR) is 93.4 cm³/mol. The van der Waals surface area contributed by atoms with Gasteiger partial charge in [-0.15, -0.1) is 0 Å². The molecule has 0 spiro atoms. The zero-order valence-corrected chi connectivity index (χ0v) is 14.0. The molecule has 0 aliphatic heterocycles. The number of hydrogen-bond donors (Lipinski definition) is 1. The smallest absolute Gasteiger partial charge is 0.256 e. The number of nitrogens with one attached hydrogen (secondary N) is 1. The van der Waals surface area contributed by atoms with E-state index in [1.54, 1.807) is 54.4 Å². The maximum Gasteiger partial charge on any atom is 0.256 e. The van der Waals surface area contributed by atoms with E-state index in [2.05, 4.69) is 10.4 Å². The van der Waals surface area contributed by atoms with E-state index >= 15 is 0 Å². The molecule has 0 unspecified atom stereocenters. The fraction of sp³-hybridized carbons (Fsp3) is 0.158. The summed E-state index contributed by atoms with van der Waals surface area (Å²) in [7, 11) is 1.57. The lowest BCUT2D eigenvalue weighted by atomic mass is 10.1. The summed E-state index contributed by atoms with van der Waals surface area (Å²) in [4.78, 5) is 12.5. The number of aromatic nitrogens is 2. The molecular formula is C19H18FN3O2. The van der Waals surface area contributed by atoms with Crippen molar-refractivity contribution in [3.8, 4) is 5.75 Å². The first kappa shape index (κ1) is 16.7. The molecule has 0 radical (unpaired) electrons. The van der Waals surface area contributed by atoms with E-state index < -0.39 is 0 Å². The number of anilines is 1. The van der Waals surface area contributed by atoms with E-state index in [1.807, 2.05) is 6.92 Å². The third-order valence-electron chi connectivity index (χ3n) is 3.93. The van der Waals surface area contributed by atoms with Gasteiger partial charge in [-0.3, -0.25) is 9.48 Å². The maximum absolute atomic E-state index is 13.7. The molecular weight excluding hydrogens is 321 g/mol. The van der Waals surface area contributed by atoms with Gasteiger partial charge in [0.05, 0.1) is 25.5 Å². The second-order valence-corrected chi connectivity index (χ2v) is 5.60. The van der Waals surface area contributed by atoms with Crippen LogP contribution >= 0.6 is 0 Å². The molecule has 0 aliphatic carbocycles. The van der Waals surface area contributed by atoms with Gasteiger partial charge in [-0.25, -0.2) is 4.39 Å². The largest absolute Gasteiger partial charge is 0.496 e. The molecule has 1 N–H and O–H groups in total. The Kier molecular flexibility index (Phi) is 4.79. The van der Waals surface area contributed by atoms with Gasteiger partial charge in [0.25, 0.3) is 5.91 Å². The molecule has 5 nitrogen and oxygen atoms in total. The van der Waals surface area contributed by atoms with Crippen LogP contribution in [0.15, 0.2) is 54.9 Å². The number of carbonyl (C=O) groups is 1. The Morgan fingerprint density at radius 2 is 2.04 bits per heavy atom. The quantitative estimate of drug-likeness (QED) is 0.772. The number of benzene rings is 2. The van der Waals surface area contributed by atoms with E-state index in [-0.39, 0.29) is 11.7 Å². The Balaban J connectivity index is 1.73. The van der Waals surface area contributed by atoms with Gasteiger partial charge in [0.2, 0.25) is 0 Å². The summed E-state index contributed by atoms with van der Waals surface area (Å²) in [6.07, 6.45) is 3.20. The van der Waals surface area contributed by atoms with Crippen LogP contribution in [0.5, 0.6) is 5.75 Å². The molecule has 2 aromatic carbocycles. The molecule has 128 valence electrons. The molecule has 3 rings (SSSR count). The minimum Gasteiger partial charge on any atom is -0.496 e. The Morgan fingerprint density at radius 1 is 1.24 bits per heavy atom. The van der Waals surface area contributed by atoms with E-state index in [1.165, 1.54) is 12.3 Å². The van der Waals surface area contributed by atoms with E-state index in [4.69, 9.17) is 4.74 Å². The lowest BCUT2D eigenvalue weighted by Crippen LogP contribution is -2.13. The van der Waals surface area contributed by atoms with Crippen LogP contribution in [0.4, 0.5) is 10.1 Å². The summed E-state index contributed by atoms with van der Waals surface area (Å²) < 4.78 is 20.5. The van der Waals surface area contributed by atoms with E-state index in [0.717, 1.165) is 5.56 Å². The maximum atomic E-state index is 13.7. The molecule has 0 saturated heterocycles. The minimum absolute atomic E-state index is 0.248. The average Bonchev–Trinajstić information content (AvgIpc) is 3.04. The number of rotatable bonds is 5. The van der Waals surface area contributed by atoms with E-state index in [0.29, 0.717) is 29.1 Å². The van der Waals surface area contributed by atoms with Crippen molar-refractivity contribution in [1.82, 2.24) is 9.78 Å². The fourth-order valence-electron chi connectivity index (χ4n) is 2.60. The standard InChI is InChI=1S/C19H18FN3O2/c1-13-16(7-5-9-18(13)25-2)19(24)22-15-10-21-23(12-15)11-14-6-3-4-8-17(14)20/h3-10,12H,11H2,1-2H3,(H,22,24). The summed E-state index contributed by atoms with van der Waals surface area (Å²) in [5.74, 6) is 0.125. The topological polar surface area (TPSA) is 56.1 Å². The molecule has 1 heterocycles. The first-order valence-electron chi connectivity index (χ1n) is 7.79. The van der Waals surface area contributed by atoms with Crippen molar-refractivity contribution in [2.75, 3.05) is 12.4 Å². The summed E-state index contributed by atoms with van der Waals surface area (Å²) in [6, 6.07) is 11.8. The number of ether oxygens (including phenoxy) is 1. The van der Waals surface area contributed by atoms with Gasteiger partial charge in [-0.2, -0.15) is 5.10 Å². The van der Waals surface area contributed by atoms with Crippen molar-refractivity contribution >= 4 is 11.6 Å². The van der Waals surface area contributed by atoms with Gasteiger partial charge in [0.15, 0.2) is 0 Å². The normalized spacial score (nSPS) is 10.5. The highest BCUT2D eigenvalue weighted by atomic mass is 19.1. The van der Waals surface area contributed by atoms with Crippen molar-refractivity contribution in [3.05, 3.63) is 77.4 Å². The lowest BCUT2D eigenvalue weighted by molar-refractivity contribution is 0.102. The number of carbonyl (C=O) groups excluding carboxylic acids is 1. The van der Waals surface area contributed by atoms with Gasteiger partial charge in [0.1, 0.15) is 11.6 Å². The van der Waals surface area contributed by atoms with Gasteiger partial charge in [0, 0.05) is 22.9 Å². The molecule has 0 atom stereocenters. The molecule has 6 heteroatoms. The van der Waals surface area contributed by atoms with Crippen LogP contribution in [-0.2, 0) is 6.54 Å². The van der Waals surface area contributed by atoms with Crippen LogP contribution in [0, 0.1) is 12.7 Å². The van der Waals surface area contributed by atoms with Gasteiger partial charge in [-0.1, -0.05) is 24.3 Å². The molecule has 25 heavy (non-hydrogen) atoms. The fourth-order valence-corrected chi connectivity index (χ4v) is 2.60. The summed E-state index contributed by atoms with van der Waals surface area (Å²) in [6.45, 7) is 2.12. The average molecular weight is 339 g/mol. The predicted octanol–water partition coefficient (Wildman–Crippen LogP) is 3.64. The number of halogens is 1. The summed E-state index contributed by atoms with van der Waals surface area (Å²) in [5.41, 5.74) is 2.37.